The minimum Gasteiger partial charge on any atom is -0.451 e. The third-order valence-corrected chi connectivity index (χ3v) is 9.75. The van der Waals surface area contributed by atoms with Crippen molar-refractivity contribution in [3.05, 3.63) is 42.1 Å². The van der Waals surface area contributed by atoms with Gasteiger partial charge in [0.2, 0.25) is 10.0 Å². The molecule has 0 spiro atoms. The Morgan fingerprint density at radius 2 is 1.86 bits per heavy atom. The Kier molecular flexibility index (Phi) is 9.34. The highest BCUT2D eigenvalue weighted by Crippen LogP contribution is 2.53. The van der Waals surface area contributed by atoms with Crippen molar-refractivity contribution in [1.82, 2.24) is 24.9 Å². The van der Waals surface area contributed by atoms with Crippen molar-refractivity contribution in [2.24, 2.45) is 23.7 Å². The summed E-state index contributed by atoms with van der Waals surface area (Å²) >= 11 is 0. The van der Waals surface area contributed by atoms with Gasteiger partial charge in [-0.25, -0.2) is 27.5 Å². The Balaban J connectivity index is 1.14. The summed E-state index contributed by atoms with van der Waals surface area (Å²) in [5.41, 5.74) is 0.177. The molecule has 2 atom stereocenters. The van der Waals surface area contributed by atoms with Crippen molar-refractivity contribution in [2.45, 2.75) is 58.5 Å². The van der Waals surface area contributed by atoms with Crippen molar-refractivity contribution in [2.75, 3.05) is 43.9 Å². The van der Waals surface area contributed by atoms with Crippen LogP contribution in [0.1, 0.15) is 56.8 Å². The summed E-state index contributed by atoms with van der Waals surface area (Å²) in [6, 6.07) is 4.05. The number of sulfonamides is 1. The van der Waals surface area contributed by atoms with E-state index in [1.54, 1.807) is 11.1 Å². The molecule has 1 aromatic carbocycles. The van der Waals surface area contributed by atoms with Crippen LogP contribution in [0.4, 0.5) is 10.2 Å². The van der Waals surface area contributed by atoms with Gasteiger partial charge in [-0.1, -0.05) is 0 Å². The largest absolute Gasteiger partial charge is 0.451 e. The number of fused-ring (bicyclic) bond motifs is 1. The van der Waals surface area contributed by atoms with Crippen LogP contribution in [0.5, 0.6) is 11.5 Å². The van der Waals surface area contributed by atoms with Gasteiger partial charge in [-0.2, -0.15) is 0 Å². The van der Waals surface area contributed by atoms with Crippen molar-refractivity contribution in [1.29, 1.82) is 0 Å². The number of amides is 1. The van der Waals surface area contributed by atoms with Crippen LogP contribution in [0.25, 0.3) is 0 Å². The van der Waals surface area contributed by atoms with E-state index < -0.39 is 15.8 Å². The first kappa shape index (κ1) is 30.6. The number of benzene rings is 1. The number of ether oxygens (including phenoxy) is 1. The minimum atomic E-state index is -3.14. The zero-order valence-corrected chi connectivity index (χ0v) is 25.7. The van der Waals surface area contributed by atoms with Crippen LogP contribution in [-0.2, 0) is 10.0 Å². The van der Waals surface area contributed by atoms with Gasteiger partial charge < -0.3 is 19.9 Å². The molecule has 3 aliphatic rings. The molecule has 1 amide bonds. The number of hydrogen-bond acceptors (Lipinski definition) is 8. The highest BCUT2D eigenvalue weighted by molar-refractivity contribution is 7.88. The van der Waals surface area contributed by atoms with Gasteiger partial charge in [-0.3, -0.25) is 4.79 Å². The number of hydrogen-bond donors (Lipinski definition) is 2. The van der Waals surface area contributed by atoms with E-state index in [2.05, 4.69) is 24.9 Å². The molecule has 2 saturated carbocycles. The molecule has 1 aromatic heterocycles. The van der Waals surface area contributed by atoms with E-state index in [0.717, 1.165) is 51.9 Å². The molecule has 2 N–H and O–H groups in total. The molecule has 230 valence electrons. The zero-order valence-electron chi connectivity index (χ0n) is 24.9. The predicted molar refractivity (Wildman–Crippen MR) is 160 cm³/mol. The van der Waals surface area contributed by atoms with Gasteiger partial charge in [-0.15, -0.1) is 0 Å². The number of halogens is 1. The number of nitrogens with zero attached hydrogens (tertiary/aromatic N) is 4. The molecule has 2 heterocycles. The van der Waals surface area contributed by atoms with Crippen LogP contribution >= 0.6 is 0 Å². The molecular weight excluding hydrogens is 559 g/mol. The van der Waals surface area contributed by atoms with Crippen LogP contribution in [0.15, 0.2) is 30.7 Å². The number of carbonyl (C=O) groups is 1. The topological polar surface area (TPSA) is 117 Å². The molecule has 0 radical (unpaired) electrons. The lowest BCUT2D eigenvalue weighted by molar-refractivity contribution is 0.0713. The van der Waals surface area contributed by atoms with Gasteiger partial charge in [0, 0.05) is 31.7 Å². The normalized spacial score (nSPS) is 25.4. The van der Waals surface area contributed by atoms with E-state index in [1.165, 1.54) is 30.8 Å². The number of nitrogens with one attached hydrogen (secondary N) is 2. The fourth-order valence-corrected chi connectivity index (χ4v) is 7.60. The highest BCUT2D eigenvalue weighted by Gasteiger charge is 2.55. The molecule has 12 heteroatoms. The molecule has 2 aliphatic carbocycles. The molecule has 2 aromatic rings. The molecule has 5 rings (SSSR count). The van der Waals surface area contributed by atoms with Gasteiger partial charge in [0.15, 0.2) is 11.6 Å². The van der Waals surface area contributed by atoms with E-state index in [9.17, 15) is 17.6 Å². The van der Waals surface area contributed by atoms with Crippen LogP contribution in [0.2, 0.25) is 0 Å². The molecule has 2 unspecified atom stereocenters. The average Bonchev–Trinajstić information content (AvgIpc) is 3.37. The maximum atomic E-state index is 14.2. The second kappa shape index (κ2) is 12.8. The summed E-state index contributed by atoms with van der Waals surface area (Å²) in [4.78, 5) is 25.8. The number of rotatable bonds is 12. The second-order valence-corrected chi connectivity index (χ2v) is 14.1. The summed E-state index contributed by atoms with van der Waals surface area (Å²) in [7, 11) is -3.14. The van der Waals surface area contributed by atoms with E-state index in [1.807, 2.05) is 20.8 Å². The number of piperidine rings is 1. The van der Waals surface area contributed by atoms with Crippen molar-refractivity contribution < 1.29 is 22.3 Å². The van der Waals surface area contributed by atoms with Gasteiger partial charge in [-0.05, 0) is 101 Å². The summed E-state index contributed by atoms with van der Waals surface area (Å²) in [6.45, 7) is 9.97. The summed E-state index contributed by atoms with van der Waals surface area (Å²) in [5, 5.41) is 3.68. The average molecular weight is 603 g/mol. The number of anilines is 1. The van der Waals surface area contributed by atoms with Gasteiger partial charge in [0.1, 0.15) is 17.9 Å². The molecule has 1 saturated heterocycles. The SMILES string of the molecule is CCN(C(=O)c1cc(F)ccc1Oc1cncnc1N1CC2C(CNC[C@H]3CC[C@H](NS(C)(=O)=O)CC3)C2C1)C(C)C. The number of aromatic nitrogens is 2. The first-order chi connectivity index (χ1) is 20.0. The van der Waals surface area contributed by atoms with Crippen LogP contribution < -0.4 is 19.7 Å². The monoisotopic (exact) mass is 602 g/mol. The minimum absolute atomic E-state index is 0.0349. The first-order valence-corrected chi connectivity index (χ1v) is 16.9. The maximum absolute atomic E-state index is 14.2. The molecule has 10 nitrogen and oxygen atoms in total. The highest BCUT2D eigenvalue weighted by atomic mass is 32.2. The number of carbonyl (C=O) groups excluding carboxylic acids is 1. The standard InChI is InChI=1S/C30H43FN6O4S/c1-5-37(19(2)3)30(38)23-12-21(31)8-11-27(23)41-28-15-33-18-34-29(28)36-16-25-24(26(25)17-36)14-32-13-20-6-9-22(10-7-20)35-42(4,39)40/h8,11-12,15,18-20,22,24-26,32,35H,5-7,9-10,13-14,16-17H2,1-4H3/t20-,22-,24?,25?,26?. The van der Waals surface area contributed by atoms with E-state index in [4.69, 9.17) is 4.74 Å². The van der Waals surface area contributed by atoms with Crippen molar-refractivity contribution in [3.8, 4) is 11.5 Å². The fourth-order valence-electron chi connectivity index (χ4n) is 6.76. The Hall–Kier alpha value is -2.83. The lowest BCUT2D eigenvalue weighted by atomic mass is 9.86. The van der Waals surface area contributed by atoms with E-state index >= 15 is 0 Å². The molecule has 42 heavy (non-hydrogen) atoms. The summed E-state index contributed by atoms with van der Waals surface area (Å²) in [6.07, 6.45) is 8.20. The van der Waals surface area contributed by atoms with Gasteiger partial charge >= 0.3 is 0 Å². The zero-order chi connectivity index (χ0) is 30.0. The second-order valence-electron chi connectivity index (χ2n) is 12.3. The lowest BCUT2D eigenvalue weighted by Crippen LogP contribution is -2.38. The Morgan fingerprint density at radius 3 is 2.50 bits per heavy atom. The van der Waals surface area contributed by atoms with Crippen LogP contribution in [-0.4, -0.2) is 80.3 Å². The van der Waals surface area contributed by atoms with Gasteiger partial charge in [0.05, 0.1) is 18.0 Å². The Labute approximate surface area is 248 Å². The molecule has 0 bridgehead atoms. The fraction of sp³-hybridized carbons (Fsp3) is 0.633. The van der Waals surface area contributed by atoms with Crippen LogP contribution in [0.3, 0.4) is 0 Å². The van der Waals surface area contributed by atoms with Gasteiger partial charge in [0.25, 0.3) is 5.91 Å². The summed E-state index contributed by atoms with van der Waals surface area (Å²) < 4.78 is 46.1. The smallest absolute Gasteiger partial charge is 0.257 e. The third-order valence-electron chi connectivity index (χ3n) is 8.99. The maximum Gasteiger partial charge on any atom is 0.257 e. The molecular formula is C30H43FN6O4S. The summed E-state index contributed by atoms with van der Waals surface area (Å²) in [5.74, 6) is 3.03. The van der Waals surface area contributed by atoms with E-state index in [-0.39, 0.29) is 29.3 Å². The lowest BCUT2D eigenvalue weighted by Gasteiger charge is -2.29. The third kappa shape index (κ3) is 7.20. The quantitative estimate of drug-likeness (QED) is 0.378. The molecule has 3 fully saturated rings. The van der Waals surface area contributed by atoms with Crippen molar-refractivity contribution >= 4 is 21.7 Å². The van der Waals surface area contributed by atoms with Crippen LogP contribution in [0, 0.1) is 29.5 Å². The first-order valence-electron chi connectivity index (χ1n) is 15.0. The van der Waals surface area contributed by atoms with E-state index in [0.29, 0.717) is 41.8 Å². The predicted octanol–water partition coefficient (Wildman–Crippen LogP) is 3.66. The molecule has 1 aliphatic heterocycles. The Morgan fingerprint density at radius 1 is 1.14 bits per heavy atom. The van der Waals surface area contributed by atoms with Crippen molar-refractivity contribution in [3.63, 3.8) is 0 Å². The Bertz CT molecular complexity index is 1360.